The molecule has 0 aliphatic rings. The summed E-state index contributed by atoms with van der Waals surface area (Å²) in [6, 6.07) is 0. The van der Waals surface area contributed by atoms with E-state index >= 15 is 0 Å². The van der Waals surface area contributed by atoms with Crippen molar-refractivity contribution in [2.45, 2.75) is 84.5 Å². The normalized spacial score (nSPS) is 13.0. The Bertz CT molecular complexity index is 190. The first-order chi connectivity index (χ1) is 8.85. The fourth-order valence-corrected chi connectivity index (χ4v) is 2.36. The molecule has 0 aromatic heterocycles. The molecule has 1 atom stereocenters. The van der Waals surface area contributed by atoms with E-state index in [9.17, 15) is 0 Å². The minimum Gasteiger partial charge on any atom is -0.103 e. The van der Waals surface area contributed by atoms with Gasteiger partial charge < -0.3 is 0 Å². The zero-order valence-electron chi connectivity index (χ0n) is 12.8. The van der Waals surface area contributed by atoms with Crippen molar-refractivity contribution in [3.8, 4) is 0 Å². The summed E-state index contributed by atoms with van der Waals surface area (Å²) in [4.78, 5) is 0. The second-order valence-electron chi connectivity index (χ2n) is 5.39. The van der Waals surface area contributed by atoms with Crippen molar-refractivity contribution >= 4 is 0 Å². The van der Waals surface area contributed by atoms with E-state index in [0.717, 1.165) is 12.3 Å². The molecule has 0 fully saturated rings. The van der Waals surface area contributed by atoms with Crippen molar-refractivity contribution in [2.24, 2.45) is 5.92 Å². The van der Waals surface area contributed by atoms with E-state index in [1.165, 1.54) is 64.2 Å². The van der Waals surface area contributed by atoms with E-state index in [1.54, 1.807) is 0 Å². The molecule has 0 N–H and O–H groups in total. The molecule has 0 heterocycles. The lowest BCUT2D eigenvalue weighted by molar-refractivity contribution is 0.417. The molecule has 0 rings (SSSR count). The molecule has 0 amide bonds. The molecule has 0 aliphatic carbocycles. The number of unbranched alkanes of at least 4 members (excludes halogenated alkanes) is 5. The summed E-state index contributed by atoms with van der Waals surface area (Å²) in [5, 5.41) is 0. The largest absolute Gasteiger partial charge is 0.103 e. The summed E-state index contributed by atoms with van der Waals surface area (Å²) in [6.07, 6.45) is 21.5. The number of allylic oxidation sites excluding steroid dienone is 3. The molecular formula is C18H34. The molecule has 106 valence electrons. The van der Waals surface area contributed by atoms with Gasteiger partial charge in [-0.25, -0.2) is 0 Å². The van der Waals surface area contributed by atoms with Crippen molar-refractivity contribution < 1.29 is 0 Å². The highest BCUT2D eigenvalue weighted by Gasteiger charge is 2.04. The molecule has 0 aromatic carbocycles. The van der Waals surface area contributed by atoms with E-state index in [2.05, 4.69) is 32.6 Å². The van der Waals surface area contributed by atoms with Gasteiger partial charge in [0.1, 0.15) is 0 Å². The lowest BCUT2D eigenvalue weighted by Gasteiger charge is -2.13. The SMILES string of the molecule is C=CCCC/C=C/CCC(CC)CCCCCC. The molecule has 0 radical (unpaired) electrons. The summed E-state index contributed by atoms with van der Waals surface area (Å²) in [5.41, 5.74) is 0. The van der Waals surface area contributed by atoms with E-state index in [1.807, 2.05) is 6.08 Å². The first-order valence-corrected chi connectivity index (χ1v) is 8.11. The van der Waals surface area contributed by atoms with Gasteiger partial charge in [-0.05, 0) is 38.0 Å². The van der Waals surface area contributed by atoms with Gasteiger partial charge in [0.2, 0.25) is 0 Å². The molecule has 0 heteroatoms. The van der Waals surface area contributed by atoms with E-state index < -0.39 is 0 Å². The first-order valence-electron chi connectivity index (χ1n) is 8.11. The van der Waals surface area contributed by atoms with E-state index in [0.29, 0.717) is 0 Å². The molecular weight excluding hydrogens is 216 g/mol. The van der Waals surface area contributed by atoms with Crippen LogP contribution in [0.3, 0.4) is 0 Å². The van der Waals surface area contributed by atoms with E-state index in [-0.39, 0.29) is 0 Å². The number of hydrogen-bond donors (Lipinski definition) is 0. The van der Waals surface area contributed by atoms with Crippen LogP contribution in [0, 0.1) is 5.92 Å². The fourth-order valence-electron chi connectivity index (χ4n) is 2.36. The standard InChI is InChI=1S/C18H34/c1-4-7-9-11-12-13-15-17-18(6-3)16-14-10-8-5-2/h4,12-13,18H,1,5-11,14-17H2,2-3H3/b13-12+. The third-order valence-electron chi connectivity index (χ3n) is 3.73. The Morgan fingerprint density at radius 3 is 2.28 bits per heavy atom. The molecule has 1 unspecified atom stereocenters. The van der Waals surface area contributed by atoms with Gasteiger partial charge in [0.05, 0.1) is 0 Å². The van der Waals surface area contributed by atoms with Crippen LogP contribution < -0.4 is 0 Å². The van der Waals surface area contributed by atoms with Crippen LogP contribution in [0.5, 0.6) is 0 Å². The molecule has 0 saturated heterocycles. The van der Waals surface area contributed by atoms with Gasteiger partial charge in [0.25, 0.3) is 0 Å². The average molecular weight is 250 g/mol. The predicted octanol–water partition coefficient (Wildman–Crippen LogP) is 6.68. The van der Waals surface area contributed by atoms with Crippen LogP contribution in [-0.4, -0.2) is 0 Å². The van der Waals surface area contributed by atoms with Crippen molar-refractivity contribution in [3.05, 3.63) is 24.8 Å². The fraction of sp³-hybridized carbons (Fsp3) is 0.778. The second kappa shape index (κ2) is 14.5. The summed E-state index contributed by atoms with van der Waals surface area (Å²) >= 11 is 0. The third kappa shape index (κ3) is 12.0. The summed E-state index contributed by atoms with van der Waals surface area (Å²) in [6.45, 7) is 8.38. The van der Waals surface area contributed by atoms with Crippen LogP contribution in [-0.2, 0) is 0 Å². The Morgan fingerprint density at radius 1 is 0.833 bits per heavy atom. The van der Waals surface area contributed by atoms with Crippen molar-refractivity contribution in [1.29, 1.82) is 0 Å². The van der Waals surface area contributed by atoms with Gasteiger partial charge in [-0.3, -0.25) is 0 Å². The lowest BCUT2D eigenvalue weighted by Crippen LogP contribution is -1.98. The van der Waals surface area contributed by atoms with Gasteiger partial charge in [0.15, 0.2) is 0 Å². The highest BCUT2D eigenvalue weighted by Crippen LogP contribution is 2.19. The monoisotopic (exact) mass is 250 g/mol. The molecule has 0 aromatic rings. The predicted molar refractivity (Wildman–Crippen MR) is 85.0 cm³/mol. The van der Waals surface area contributed by atoms with Crippen molar-refractivity contribution in [1.82, 2.24) is 0 Å². The maximum absolute atomic E-state index is 3.75. The molecule has 0 saturated carbocycles. The average Bonchev–Trinajstić information content (AvgIpc) is 2.40. The summed E-state index contributed by atoms with van der Waals surface area (Å²) < 4.78 is 0. The van der Waals surface area contributed by atoms with Crippen LogP contribution >= 0.6 is 0 Å². The van der Waals surface area contributed by atoms with Crippen LogP contribution in [0.4, 0.5) is 0 Å². The molecule has 0 nitrogen and oxygen atoms in total. The maximum Gasteiger partial charge on any atom is -0.0348 e. The Hall–Kier alpha value is -0.520. The van der Waals surface area contributed by atoms with Crippen molar-refractivity contribution in [2.75, 3.05) is 0 Å². The minimum atomic E-state index is 0.958. The Morgan fingerprint density at radius 2 is 1.61 bits per heavy atom. The highest BCUT2D eigenvalue weighted by atomic mass is 14.1. The van der Waals surface area contributed by atoms with Gasteiger partial charge in [0, 0.05) is 0 Å². The number of hydrogen-bond acceptors (Lipinski definition) is 0. The highest BCUT2D eigenvalue weighted by molar-refractivity contribution is 4.83. The summed E-state index contributed by atoms with van der Waals surface area (Å²) in [7, 11) is 0. The Kier molecular flexibility index (Phi) is 14.1. The lowest BCUT2D eigenvalue weighted by atomic mass is 9.93. The smallest absolute Gasteiger partial charge is 0.0348 e. The van der Waals surface area contributed by atoms with Crippen LogP contribution in [0.15, 0.2) is 24.8 Å². The quantitative estimate of drug-likeness (QED) is 0.253. The van der Waals surface area contributed by atoms with Gasteiger partial charge in [-0.15, -0.1) is 6.58 Å². The zero-order valence-corrected chi connectivity index (χ0v) is 12.8. The number of rotatable bonds is 13. The Labute approximate surface area is 116 Å². The topological polar surface area (TPSA) is 0 Å². The van der Waals surface area contributed by atoms with Gasteiger partial charge in [-0.1, -0.05) is 70.6 Å². The second-order valence-corrected chi connectivity index (χ2v) is 5.39. The van der Waals surface area contributed by atoms with Gasteiger partial charge in [-0.2, -0.15) is 0 Å². The Balaban J connectivity index is 3.45. The van der Waals surface area contributed by atoms with Crippen LogP contribution in [0.2, 0.25) is 0 Å². The van der Waals surface area contributed by atoms with Crippen molar-refractivity contribution in [3.63, 3.8) is 0 Å². The summed E-state index contributed by atoms with van der Waals surface area (Å²) in [5.74, 6) is 0.958. The third-order valence-corrected chi connectivity index (χ3v) is 3.73. The van der Waals surface area contributed by atoms with Crippen LogP contribution in [0.1, 0.15) is 84.5 Å². The minimum absolute atomic E-state index is 0.958. The zero-order chi connectivity index (χ0) is 13.5. The first kappa shape index (κ1) is 17.5. The van der Waals surface area contributed by atoms with Gasteiger partial charge >= 0.3 is 0 Å². The maximum atomic E-state index is 3.75. The molecule has 0 bridgehead atoms. The molecule has 0 aliphatic heterocycles. The van der Waals surface area contributed by atoms with Crippen LogP contribution in [0.25, 0.3) is 0 Å². The molecule has 18 heavy (non-hydrogen) atoms. The molecule has 0 spiro atoms. The van der Waals surface area contributed by atoms with E-state index in [4.69, 9.17) is 0 Å².